The molecule has 25 heavy (non-hydrogen) atoms. The van der Waals surface area contributed by atoms with Crippen LogP contribution in [-0.2, 0) is 22.7 Å². The molecule has 1 unspecified atom stereocenters. The maximum absolute atomic E-state index is 12.1. The van der Waals surface area contributed by atoms with Crippen LogP contribution in [0.2, 0.25) is 0 Å². The average molecular weight is 344 g/mol. The molecule has 0 aliphatic heterocycles. The zero-order chi connectivity index (χ0) is 18.3. The van der Waals surface area contributed by atoms with E-state index in [1.807, 2.05) is 37.3 Å². The van der Waals surface area contributed by atoms with Crippen LogP contribution in [0.3, 0.4) is 0 Å². The van der Waals surface area contributed by atoms with Crippen molar-refractivity contribution in [1.82, 2.24) is 20.1 Å². The van der Waals surface area contributed by atoms with Gasteiger partial charge >= 0.3 is 0 Å². The van der Waals surface area contributed by atoms with Gasteiger partial charge in [-0.05, 0) is 18.9 Å². The highest BCUT2D eigenvalue weighted by atomic mass is 16.2. The van der Waals surface area contributed by atoms with Gasteiger partial charge in [-0.25, -0.2) is 9.67 Å². The van der Waals surface area contributed by atoms with E-state index in [1.54, 1.807) is 6.92 Å². The Labute approximate surface area is 146 Å². The summed E-state index contributed by atoms with van der Waals surface area (Å²) in [7, 11) is 0. The van der Waals surface area contributed by atoms with Crippen LogP contribution in [-0.4, -0.2) is 32.1 Å². The van der Waals surface area contributed by atoms with E-state index >= 15 is 0 Å². The average Bonchev–Trinajstić information content (AvgIpc) is 3.00. The van der Waals surface area contributed by atoms with E-state index in [1.165, 1.54) is 11.0 Å². The number of amides is 2. The van der Waals surface area contributed by atoms with Gasteiger partial charge in [0.15, 0.2) is 0 Å². The van der Waals surface area contributed by atoms with Crippen LogP contribution in [0, 0.1) is 0 Å². The second-order valence-corrected chi connectivity index (χ2v) is 6.15. The molecule has 2 rings (SSSR count). The molecule has 8 heteroatoms. The van der Waals surface area contributed by atoms with Gasteiger partial charge in [0, 0.05) is 6.54 Å². The number of hydrogen-bond donors (Lipinski definition) is 3. The zero-order valence-corrected chi connectivity index (χ0v) is 14.5. The summed E-state index contributed by atoms with van der Waals surface area (Å²) >= 11 is 0. The lowest BCUT2D eigenvalue weighted by Crippen LogP contribution is -2.48. The summed E-state index contributed by atoms with van der Waals surface area (Å²) in [6.07, 6.45) is 2.75. The van der Waals surface area contributed by atoms with Crippen molar-refractivity contribution in [3.05, 3.63) is 42.2 Å². The molecule has 1 atom stereocenters. The molecule has 0 saturated carbocycles. The molecular weight excluding hydrogens is 320 g/mol. The van der Waals surface area contributed by atoms with Crippen molar-refractivity contribution >= 4 is 17.8 Å². The van der Waals surface area contributed by atoms with Gasteiger partial charge in [-0.2, -0.15) is 0 Å². The molecule has 1 heterocycles. The molecule has 0 saturated heterocycles. The van der Waals surface area contributed by atoms with Gasteiger partial charge < -0.3 is 11.1 Å². The summed E-state index contributed by atoms with van der Waals surface area (Å²) in [6, 6.07) is 9.62. The summed E-state index contributed by atoms with van der Waals surface area (Å²) in [5.41, 5.74) is 6.00. The number of benzene rings is 1. The summed E-state index contributed by atoms with van der Waals surface area (Å²) in [6.45, 7) is 4.09. The van der Waals surface area contributed by atoms with Gasteiger partial charge in [0.05, 0.1) is 5.54 Å². The van der Waals surface area contributed by atoms with Crippen molar-refractivity contribution in [2.75, 3.05) is 5.32 Å². The first-order valence-corrected chi connectivity index (χ1v) is 8.21. The predicted octanol–water partition coefficient (Wildman–Crippen LogP) is 1.05. The third-order valence-corrected chi connectivity index (χ3v) is 3.69. The maximum Gasteiger partial charge on any atom is 0.248 e. The van der Waals surface area contributed by atoms with E-state index in [0.29, 0.717) is 13.0 Å². The highest BCUT2D eigenvalue weighted by Crippen LogP contribution is 2.11. The first-order chi connectivity index (χ1) is 11.9. The second-order valence-electron chi connectivity index (χ2n) is 6.15. The van der Waals surface area contributed by atoms with Gasteiger partial charge in [-0.3, -0.25) is 14.9 Å². The Kier molecular flexibility index (Phi) is 6.24. The second kappa shape index (κ2) is 8.39. The number of nitrogens with two attached hydrogens (primary N) is 1. The van der Waals surface area contributed by atoms with Gasteiger partial charge in [0.2, 0.25) is 17.8 Å². The number of hydrogen-bond acceptors (Lipinski definition) is 5. The van der Waals surface area contributed by atoms with E-state index < -0.39 is 5.54 Å². The minimum Gasteiger partial charge on any atom is -0.350 e. The Balaban J connectivity index is 1.84. The highest BCUT2D eigenvalue weighted by molar-refractivity contribution is 5.96. The fourth-order valence-electron chi connectivity index (χ4n) is 2.30. The van der Waals surface area contributed by atoms with E-state index in [0.717, 1.165) is 12.0 Å². The quantitative estimate of drug-likeness (QED) is 0.662. The Morgan fingerprint density at radius 3 is 2.68 bits per heavy atom. The van der Waals surface area contributed by atoms with Crippen LogP contribution in [0.5, 0.6) is 0 Å². The van der Waals surface area contributed by atoms with E-state index in [4.69, 9.17) is 5.73 Å². The van der Waals surface area contributed by atoms with Crippen LogP contribution < -0.4 is 16.4 Å². The van der Waals surface area contributed by atoms with Crippen molar-refractivity contribution in [2.24, 2.45) is 5.73 Å². The number of nitrogens with one attached hydrogen (secondary N) is 2. The van der Waals surface area contributed by atoms with Gasteiger partial charge in [-0.1, -0.05) is 43.7 Å². The molecule has 8 nitrogen and oxygen atoms in total. The number of aromatic nitrogens is 3. The SMILES string of the molecule is CCCC(C)(N)C(=O)Nc1ncn(CC(=O)NCc2ccccc2)n1. The van der Waals surface area contributed by atoms with Crippen LogP contribution in [0.4, 0.5) is 5.95 Å². The molecule has 1 aromatic heterocycles. The third kappa shape index (κ3) is 5.68. The summed E-state index contributed by atoms with van der Waals surface area (Å²) < 4.78 is 1.36. The Morgan fingerprint density at radius 1 is 1.28 bits per heavy atom. The normalized spacial score (nSPS) is 13.1. The monoisotopic (exact) mass is 344 g/mol. The molecule has 0 spiro atoms. The van der Waals surface area contributed by atoms with E-state index in [2.05, 4.69) is 20.7 Å². The molecule has 1 aromatic carbocycles. The lowest BCUT2D eigenvalue weighted by atomic mass is 9.97. The summed E-state index contributed by atoms with van der Waals surface area (Å²) in [5.74, 6) is -0.407. The molecule has 0 aliphatic rings. The van der Waals surface area contributed by atoms with Gasteiger partial charge in [-0.15, -0.1) is 5.10 Å². The Bertz CT molecular complexity index is 711. The van der Waals surface area contributed by atoms with Gasteiger partial charge in [0.1, 0.15) is 12.9 Å². The highest BCUT2D eigenvalue weighted by Gasteiger charge is 2.28. The molecule has 0 aliphatic carbocycles. The van der Waals surface area contributed by atoms with Crippen molar-refractivity contribution in [3.8, 4) is 0 Å². The van der Waals surface area contributed by atoms with Crippen molar-refractivity contribution in [2.45, 2.75) is 45.3 Å². The molecule has 0 fully saturated rings. The zero-order valence-electron chi connectivity index (χ0n) is 14.5. The minimum atomic E-state index is -0.979. The standard InChI is InChI=1S/C17H24N6O2/c1-3-9-17(2,18)15(25)21-16-20-12-23(22-16)11-14(24)19-10-13-7-5-4-6-8-13/h4-8,12H,3,9-11,18H2,1-2H3,(H,19,24)(H,21,22,25). The van der Waals surface area contributed by atoms with Crippen LogP contribution >= 0.6 is 0 Å². The Hall–Kier alpha value is -2.74. The summed E-state index contributed by atoms with van der Waals surface area (Å²) in [4.78, 5) is 28.1. The fourth-order valence-corrected chi connectivity index (χ4v) is 2.30. The fraction of sp³-hybridized carbons (Fsp3) is 0.412. The lowest BCUT2D eigenvalue weighted by molar-refractivity contribution is -0.122. The first-order valence-electron chi connectivity index (χ1n) is 8.21. The van der Waals surface area contributed by atoms with Crippen LogP contribution in [0.15, 0.2) is 36.7 Å². The predicted molar refractivity (Wildman–Crippen MR) is 94.4 cm³/mol. The molecule has 4 N–H and O–H groups in total. The van der Waals surface area contributed by atoms with Gasteiger partial charge in [0.25, 0.3) is 0 Å². The molecule has 2 aromatic rings. The van der Waals surface area contributed by atoms with Crippen molar-refractivity contribution < 1.29 is 9.59 Å². The number of carbonyl (C=O) groups excluding carboxylic acids is 2. The molecule has 134 valence electrons. The molecule has 2 amide bonds. The number of anilines is 1. The van der Waals surface area contributed by atoms with E-state index in [-0.39, 0.29) is 24.3 Å². The maximum atomic E-state index is 12.1. The number of rotatable bonds is 8. The molecular formula is C17H24N6O2. The first kappa shape index (κ1) is 18.6. The molecule has 0 bridgehead atoms. The minimum absolute atomic E-state index is 0.0184. The van der Waals surface area contributed by atoms with Crippen LogP contribution in [0.1, 0.15) is 32.3 Å². The largest absolute Gasteiger partial charge is 0.350 e. The topological polar surface area (TPSA) is 115 Å². The summed E-state index contributed by atoms with van der Waals surface area (Å²) in [5, 5.41) is 9.46. The van der Waals surface area contributed by atoms with Crippen molar-refractivity contribution in [3.63, 3.8) is 0 Å². The number of nitrogens with zero attached hydrogens (tertiary/aromatic N) is 3. The smallest absolute Gasteiger partial charge is 0.248 e. The lowest BCUT2D eigenvalue weighted by Gasteiger charge is -2.21. The van der Waals surface area contributed by atoms with Crippen LogP contribution in [0.25, 0.3) is 0 Å². The third-order valence-electron chi connectivity index (χ3n) is 3.69. The van der Waals surface area contributed by atoms with E-state index in [9.17, 15) is 9.59 Å². The molecule has 0 radical (unpaired) electrons. The van der Waals surface area contributed by atoms with Crippen molar-refractivity contribution in [1.29, 1.82) is 0 Å². The number of carbonyl (C=O) groups is 2. The Morgan fingerprint density at radius 2 is 2.00 bits per heavy atom.